The minimum absolute atomic E-state index is 0.00350. The number of esters is 1. The summed E-state index contributed by atoms with van der Waals surface area (Å²) >= 11 is 0. The topological polar surface area (TPSA) is 105 Å². The molecular weight excluding hydrogens is 695 g/mol. The molecule has 0 unspecified atom stereocenters. The Kier molecular flexibility index (Phi) is 16.2. The van der Waals surface area contributed by atoms with Crippen LogP contribution in [0.3, 0.4) is 0 Å². The minimum atomic E-state index is -4.16. The molecule has 51 heavy (non-hydrogen) atoms. The molecule has 0 bridgehead atoms. The second-order valence-electron chi connectivity index (χ2n) is 17.2. The van der Waals surface area contributed by atoms with E-state index in [-0.39, 0.29) is 46.3 Å². The van der Waals surface area contributed by atoms with Gasteiger partial charge < -0.3 is 18.8 Å². The van der Waals surface area contributed by atoms with Crippen molar-refractivity contribution in [1.82, 2.24) is 0 Å². The maximum absolute atomic E-state index is 15.3. The van der Waals surface area contributed by atoms with Gasteiger partial charge in [-0.1, -0.05) is 110 Å². The summed E-state index contributed by atoms with van der Waals surface area (Å²) < 4.78 is 48.6. The smallest absolute Gasteiger partial charge is 0.305 e. The molecule has 0 aromatic heterocycles. The molecule has 0 heterocycles. The first-order valence-electron chi connectivity index (χ1n) is 18.8. The first-order chi connectivity index (χ1) is 23.5. The number of benzene rings is 1. The van der Waals surface area contributed by atoms with Gasteiger partial charge in [0.1, 0.15) is 7.05 Å². The molecule has 0 N–H and O–H groups in total. The van der Waals surface area contributed by atoms with E-state index in [0.717, 1.165) is 30.4 Å². The number of allylic oxidation sites excluding steroid dienone is 2. The Morgan fingerprint density at radius 1 is 1.00 bits per heavy atom. The van der Waals surface area contributed by atoms with Crippen LogP contribution in [0.25, 0.3) is 0 Å². The third-order valence-corrected chi connectivity index (χ3v) is 23.0. The van der Waals surface area contributed by atoms with Crippen LogP contribution in [0.1, 0.15) is 106 Å². The van der Waals surface area contributed by atoms with Gasteiger partial charge in [0.25, 0.3) is 0 Å². The second-order valence-corrected chi connectivity index (χ2v) is 29.0. The molecule has 0 aliphatic heterocycles. The van der Waals surface area contributed by atoms with E-state index in [1.54, 1.807) is 30.3 Å². The molecular formula is C40H69NO7SSi2. The van der Waals surface area contributed by atoms with Gasteiger partial charge in [0, 0.05) is 12.3 Å². The molecule has 1 aliphatic rings. The van der Waals surface area contributed by atoms with E-state index in [9.17, 15) is 10.0 Å². The van der Waals surface area contributed by atoms with E-state index < -0.39 is 43.2 Å². The monoisotopic (exact) mass is 763 g/mol. The van der Waals surface area contributed by atoms with Crippen molar-refractivity contribution in [2.75, 3.05) is 14.2 Å². The summed E-state index contributed by atoms with van der Waals surface area (Å²) in [5, 5.41) is 13.6. The standard InChI is InChI=1S/C40H69NO7SSi2/c1-14-15-19-24-32(47-50(10,11)38(2,3)4)28-29-34-35(48-51(12,13)39(5,6)7)31-36(41(8)43)40(34,30-23-17-16-22-27-37(42)46-9)49(44,45)33-25-20-18-21-26-33/h17-18,20-21,23,25-26,28-29,32,34-35H,14-16,19,22,24,27,30-31H2,1-13H3/b23-17-,29-28+,41-36+/t32-,34-,35+,40+/m0/s1. The summed E-state index contributed by atoms with van der Waals surface area (Å²) in [5.74, 6) is -0.949. The first-order valence-corrected chi connectivity index (χ1v) is 26.1. The lowest BCUT2D eigenvalue weighted by Crippen LogP contribution is -2.52. The lowest BCUT2D eigenvalue weighted by Gasteiger charge is -2.41. The molecule has 8 nitrogen and oxygen atoms in total. The fourth-order valence-electron chi connectivity index (χ4n) is 6.27. The lowest BCUT2D eigenvalue weighted by atomic mass is 9.88. The van der Waals surface area contributed by atoms with Crippen molar-refractivity contribution < 1.29 is 31.5 Å². The highest BCUT2D eigenvalue weighted by molar-refractivity contribution is 7.93. The zero-order valence-electron chi connectivity index (χ0n) is 34.0. The van der Waals surface area contributed by atoms with E-state index in [0.29, 0.717) is 18.6 Å². The first kappa shape index (κ1) is 45.1. The van der Waals surface area contributed by atoms with Gasteiger partial charge in [0.2, 0.25) is 0 Å². The maximum Gasteiger partial charge on any atom is 0.305 e. The Morgan fingerprint density at radius 2 is 1.61 bits per heavy atom. The fourth-order valence-corrected chi connectivity index (χ4v) is 11.3. The predicted molar refractivity (Wildman–Crippen MR) is 216 cm³/mol. The van der Waals surface area contributed by atoms with E-state index in [4.69, 9.17) is 13.6 Å². The molecule has 0 amide bonds. The van der Waals surface area contributed by atoms with Crippen molar-refractivity contribution in [3.8, 4) is 0 Å². The summed E-state index contributed by atoms with van der Waals surface area (Å²) in [6, 6.07) is 8.49. The quantitative estimate of drug-likeness (QED) is 0.0279. The van der Waals surface area contributed by atoms with Gasteiger partial charge in [-0.25, -0.2) is 13.2 Å². The zero-order valence-corrected chi connectivity index (χ0v) is 36.8. The highest BCUT2D eigenvalue weighted by atomic mass is 32.2. The van der Waals surface area contributed by atoms with Crippen molar-refractivity contribution in [3.63, 3.8) is 0 Å². The molecule has 2 rings (SSSR count). The van der Waals surface area contributed by atoms with Crippen LogP contribution in [-0.2, 0) is 28.2 Å². The molecule has 0 radical (unpaired) electrons. The largest absolute Gasteiger partial charge is 0.624 e. The normalized spacial score (nSPS) is 22.5. The Hall–Kier alpha value is -2.06. The number of sulfone groups is 1. The number of methoxy groups -OCH3 is 1. The molecule has 11 heteroatoms. The number of hydrogen-bond acceptors (Lipinski definition) is 7. The van der Waals surface area contributed by atoms with E-state index in [1.165, 1.54) is 14.2 Å². The van der Waals surface area contributed by atoms with Gasteiger partial charge in [-0.05, 0) is 74.1 Å². The van der Waals surface area contributed by atoms with Gasteiger partial charge in [0.05, 0.1) is 30.6 Å². The summed E-state index contributed by atoms with van der Waals surface area (Å²) in [7, 11) is -6.00. The molecule has 1 saturated carbocycles. The molecule has 290 valence electrons. The van der Waals surface area contributed by atoms with Crippen LogP contribution in [0.2, 0.25) is 36.3 Å². The number of hydroxylamine groups is 1. The van der Waals surface area contributed by atoms with Crippen molar-refractivity contribution >= 4 is 38.2 Å². The number of hydrogen-bond donors (Lipinski definition) is 0. The van der Waals surface area contributed by atoms with Crippen molar-refractivity contribution in [3.05, 3.63) is 59.8 Å². The molecule has 1 aromatic carbocycles. The highest BCUT2D eigenvalue weighted by Crippen LogP contribution is 2.50. The maximum atomic E-state index is 15.3. The Bertz CT molecular complexity index is 1470. The average molecular weight is 764 g/mol. The van der Waals surface area contributed by atoms with E-state index >= 15 is 8.42 Å². The molecule has 1 fully saturated rings. The van der Waals surface area contributed by atoms with Crippen molar-refractivity contribution in [2.45, 2.75) is 164 Å². The lowest BCUT2D eigenvalue weighted by molar-refractivity contribution is -0.426. The van der Waals surface area contributed by atoms with Crippen LogP contribution in [-0.4, -0.2) is 72.6 Å². The van der Waals surface area contributed by atoms with Gasteiger partial charge >= 0.3 is 5.97 Å². The van der Waals surface area contributed by atoms with Gasteiger partial charge in [-0.3, -0.25) is 4.79 Å². The van der Waals surface area contributed by atoms with Gasteiger partial charge in [0.15, 0.2) is 36.9 Å². The average Bonchev–Trinajstić information content (AvgIpc) is 3.34. The number of carbonyl (C=O) groups is 1. The number of carbonyl (C=O) groups excluding carboxylic acids is 1. The van der Waals surface area contributed by atoms with Gasteiger partial charge in [-0.15, -0.1) is 0 Å². The third kappa shape index (κ3) is 11.2. The number of unbranched alkanes of at least 4 members (excludes halogenated alkanes) is 3. The fraction of sp³-hybridized carbons (Fsp3) is 0.700. The van der Waals surface area contributed by atoms with Crippen LogP contribution in [0.4, 0.5) is 0 Å². The predicted octanol–water partition coefficient (Wildman–Crippen LogP) is 10.0. The van der Waals surface area contributed by atoms with Crippen LogP contribution >= 0.6 is 0 Å². The van der Waals surface area contributed by atoms with Crippen LogP contribution in [0, 0.1) is 11.1 Å². The SMILES string of the molecule is CCCCC[C@@H](/C=C/[C@H]1[C@H](O[Si](C)(C)C(C)(C)C)C/C(=[N+](/C)[O-])[C@]1(C/C=C\CCCC(=O)OC)S(=O)(=O)c1ccccc1)O[Si](C)(C)C(C)(C)C. The summed E-state index contributed by atoms with van der Waals surface area (Å²) in [6.45, 7) is 24.2. The highest BCUT2D eigenvalue weighted by Gasteiger charge is 2.65. The molecule has 4 atom stereocenters. The summed E-state index contributed by atoms with van der Waals surface area (Å²) in [4.78, 5) is 11.9. The molecule has 1 aliphatic carbocycles. The number of rotatable bonds is 18. The zero-order chi connectivity index (χ0) is 38.9. The van der Waals surface area contributed by atoms with E-state index in [2.05, 4.69) is 80.7 Å². The Balaban J connectivity index is 2.90. The Labute approximate surface area is 312 Å². The van der Waals surface area contributed by atoms with Crippen LogP contribution < -0.4 is 0 Å². The molecule has 0 saturated heterocycles. The summed E-state index contributed by atoms with van der Waals surface area (Å²) in [5.41, 5.74) is 0.303. The summed E-state index contributed by atoms with van der Waals surface area (Å²) in [6.07, 6.45) is 12.9. The Morgan fingerprint density at radius 3 is 2.14 bits per heavy atom. The molecule has 1 aromatic rings. The van der Waals surface area contributed by atoms with E-state index in [1.807, 2.05) is 18.2 Å². The number of nitrogens with zero attached hydrogens (tertiary/aromatic N) is 1. The van der Waals surface area contributed by atoms with Crippen LogP contribution in [0.5, 0.6) is 0 Å². The van der Waals surface area contributed by atoms with Gasteiger partial charge in [-0.2, -0.15) is 0 Å². The number of ether oxygens (including phenoxy) is 1. The second kappa shape index (κ2) is 18.3. The van der Waals surface area contributed by atoms with Crippen molar-refractivity contribution in [1.29, 1.82) is 0 Å². The minimum Gasteiger partial charge on any atom is -0.624 e. The van der Waals surface area contributed by atoms with Crippen LogP contribution in [0.15, 0.2) is 59.5 Å². The third-order valence-electron chi connectivity index (χ3n) is 11.4. The molecule has 0 spiro atoms. The van der Waals surface area contributed by atoms with Crippen molar-refractivity contribution in [2.24, 2.45) is 5.92 Å².